The van der Waals surface area contributed by atoms with Crippen LogP contribution in [0.3, 0.4) is 0 Å². The summed E-state index contributed by atoms with van der Waals surface area (Å²) in [6.07, 6.45) is 8.01. The van der Waals surface area contributed by atoms with Crippen LogP contribution >= 0.6 is 0 Å². The molecule has 134 valence electrons. The molecule has 0 heterocycles. The summed E-state index contributed by atoms with van der Waals surface area (Å²) in [7, 11) is -0.928. The van der Waals surface area contributed by atoms with Crippen LogP contribution in [0.25, 0.3) is 0 Å². The second-order valence-electron chi connectivity index (χ2n) is 7.89. The number of hydrogen-bond donors (Lipinski definition) is 1. The Hall–Kier alpha value is 0.909. The molecule has 2 atom stereocenters. The Labute approximate surface area is 147 Å². The molecule has 0 bridgehead atoms. The van der Waals surface area contributed by atoms with Crippen molar-refractivity contribution in [1.29, 1.82) is 0 Å². The van der Waals surface area contributed by atoms with Crippen LogP contribution in [0.1, 0.15) is 87.0 Å². The SMILES string of the molecule is CCC[CH2][Sn]([CH2]CCC)([CH2]CCC)[C@H](C)NS(=O)C(C)(C)C. The summed E-state index contributed by atoms with van der Waals surface area (Å²) in [5.74, 6) is 0. The van der Waals surface area contributed by atoms with Gasteiger partial charge in [-0.2, -0.15) is 0 Å². The second kappa shape index (κ2) is 11.5. The number of rotatable bonds is 12. The summed E-state index contributed by atoms with van der Waals surface area (Å²) in [4.78, 5) is 0. The van der Waals surface area contributed by atoms with Gasteiger partial charge in [-0.1, -0.05) is 0 Å². The van der Waals surface area contributed by atoms with Crippen LogP contribution < -0.4 is 4.72 Å². The summed E-state index contributed by atoms with van der Waals surface area (Å²) >= 11 is -2.29. The third-order valence-corrected chi connectivity index (χ3v) is 24.3. The van der Waals surface area contributed by atoms with Crippen molar-refractivity contribution < 1.29 is 4.21 Å². The van der Waals surface area contributed by atoms with Gasteiger partial charge in [-0.25, -0.2) is 0 Å². The van der Waals surface area contributed by atoms with Gasteiger partial charge < -0.3 is 0 Å². The van der Waals surface area contributed by atoms with E-state index in [1.807, 2.05) is 0 Å². The quantitative estimate of drug-likeness (QED) is 0.383. The van der Waals surface area contributed by atoms with E-state index in [1.54, 1.807) is 0 Å². The molecule has 0 rings (SSSR count). The first kappa shape index (κ1) is 22.9. The topological polar surface area (TPSA) is 29.1 Å². The van der Waals surface area contributed by atoms with Crippen molar-refractivity contribution in [1.82, 2.24) is 4.72 Å². The van der Waals surface area contributed by atoms with E-state index in [0.717, 1.165) is 0 Å². The molecule has 0 amide bonds. The average Bonchev–Trinajstić information content (AvgIpc) is 2.45. The first-order valence-electron chi connectivity index (χ1n) is 9.41. The minimum atomic E-state index is -2.29. The van der Waals surface area contributed by atoms with Gasteiger partial charge in [0.15, 0.2) is 0 Å². The van der Waals surface area contributed by atoms with Gasteiger partial charge in [-0.15, -0.1) is 0 Å². The molecule has 0 aromatic heterocycles. The van der Waals surface area contributed by atoms with Gasteiger partial charge in [0.2, 0.25) is 0 Å². The van der Waals surface area contributed by atoms with Crippen LogP contribution in [0.4, 0.5) is 0 Å². The third kappa shape index (κ3) is 8.14. The summed E-state index contributed by atoms with van der Waals surface area (Å²) in [5.41, 5.74) is 0. The van der Waals surface area contributed by atoms with Gasteiger partial charge in [0.1, 0.15) is 0 Å². The molecule has 0 saturated carbocycles. The fourth-order valence-electron chi connectivity index (χ4n) is 3.07. The van der Waals surface area contributed by atoms with E-state index in [2.05, 4.69) is 53.2 Å². The van der Waals surface area contributed by atoms with Crippen LogP contribution in [0.15, 0.2) is 0 Å². The Morgan fingerprint density at radius 2 is 1.27 bits per heavy atom. The molecule has 4 heteroatoms. The molecule has 0 fully saturated rings. The molecule has 0 radical (unpaired) electrons. The standard InChI is InChI=1S/C6H14NOS.3C4H9.Sn/c1-5-7-9(8)6(2,3)4;3*1-3-4-2;/h5,7H,1-4H3;3*1,3-4H2,2H3;. The first-order valence-corrected chi connectivity index (χ1v) is 18.3. The first-order chi connectivity index (χ1) is 10.2. The molecule has 0 aliphatic heterocycles. The Balaban J connectivity index is 5.14. The van der Waals surface area contributed by atoms with E-state index in [9.17, 15) is 4.21 Å². The number of unbranched alkanes of at least 4 members (excludes halogenated alkanes) is 3. The van der Waals surface area contributed by atoms with Crippen LogP contribution in [0, 0.1) is 0 Å². The predicted molar refractivity (Wildman–Crippen MR) is 105 cm³/mol. The van der Waals surface area contributed by atoms with E-state index in [0.29, 0.717) is 4.06 Å². The van der Waals surface area contributed by atoms with Gasteiger partial charge in [0, 0.05) is 0 Å². The van der Waals surface area contributed by atoms with Gasteiger partial charge >= 0.3 is 147 Å². The van der Waals surface area contributed by atoms with Crippen molar-refractivity contribution in [3.8, 4) is 0 Å². The van der Waals surface area contributed by atoms with Crippen molar-refractivity contribution in [3.05, 3.63) is 0 Å². The molecular formula is C18H41NOSSn. The zero-order chi connectivity index (χ0) is 17.2. The molecule has 0 aromatic carbocycles. The van der Waals surface area contributed by atoms with Crippen molar-refractivity contribution in [2.75, 3.05) is 0 Å². The van der Waals surface area contributed by atoms with Gasteiger partial charge in [-0.05, 0) is 0 Å². The minimum absolute atomic E-state index is 0.161. The monoisotopic (exact) mass is 439 g/mol. The van der Waals surface area contributed by atoms with Crippen molar-refractivity contribution >= 4 is 29.4 Å². The Morgan fingerprint density at radius 1 is 0.909 bits per heavy atom. The normalized spacial score (nSPS) is 15.8. The third-order valence-electron chi connectivity index (χ3n) is 4.84. The molecule has 1 N–H and O–H groups in total. The second-order valence-corrected chi connectivity index (χ2v) is 24.4. The number of hydrogen-bond acceptors (Lipinski definition) is 1. The van der Waals surface area contributed by atoms with Gasteiger partial charge in [-0.3, -0.25) is 0 Å². The molecule has 2 nitrogen and oxygen atoms in total. The Morgan fingerprint density at radius 3 is 1.55 bits per heavy atom. The van der Waals surface area contributed by atoms with Crippen LogP contribution in [-0.2, 0) is 11.0 Å². The maximum absolute atomic E-state index is 12.6. The maximum atomic E-state index is 12.6. The van der Waals surface area contributed by atoms with E-state index in [1.165, 1.54) is 51.8 Å². The zero-order valence-corrected chi connectivity index (χ0v) is 19.9. The average molecular weight is 438 g/mol. The van der Waals surface area contributed by atoms with Gasteiger partial charge in [0.05, 0.1) is 0 Å². The molecule has 1 unspecified atom stereocenters. The molecule has 0 spiro atoms. The summed E-state index contributed by atoms with van der Waals surface area (Å²) in [6.45, 7) is 15.5. The molecule has 0 aliphatic carbocycles. The summed E-state index contributed by atoms with van der Waals surface area (Å²) < 4.78 is 20.9. The Bertz CT molecular complexity index is 293. The Kier molecular flexibility index (Phi) is 11.9. The summed E-state index contributed by atoms with van der Waals surface area (Å²) in [5, 5.41) is 0. The van der Waals surface area contributed by atoms with E-state index < -0.39 is 29.4 Å². The van der Waals surface area contributed by atoms with Gasteiger partial charge in [0.25, 0.3) is 0 Å². The van der Waals surface area contributed by atoms with E-state index >= 15 is 0 Å². The molecule has 0 aliphatic rings. The molecule has 0 aromatic rings. The molecule has 22 heavy (non-hydrogen) atoms. The predicted octanol–water partition coefficient (Wildman–Crippen LogP) is 5.82. The van der Waals surface area contributed by atoms with E-state index in [4.69, 9.17) is 0 Å². The fraction of sp³-hybridized carbons (Fsp3) is 1.00. The number of nitrogens with one attached hydrogen (secondary N) is 1. The zero-order valence-electron chi connectivity index (χ0n) is 16.3. The van der Waals surface area contributed by atoms with Crippen molar-refractivity contribution in [2.24, 2.45) is 0 Å². The van der Waals surface area contributed by atoms with Crippen LogP contribution in [0.2, 0.25) is 13.3 Å². The van der Waals surface area contributed by atoms with Crippen LogP contribution in [-0.4, -0.2) is 31.4 Å². The van der Waals surface area contributed by atoms with Crippen LogP contribution in [0.5, 0.6) is 0 Å². The van der Waals surface area contributed by atoms with Crippen molar-refractivity contribution in [3.63, 3.8) is 0 Å². The fourth-order valence-corrected chi connectivity index (χ4v) is 22.0. The molecular weight excluding hydrogens is 397 g/mol. The summed E-state index contributed by atoms with van der Waals surface area (Å²) in [6, 6.07) is 0. The van der Waals surface area contributed by atoms with Crippen molar-refractivity contribution in [2.45, 2.75) is 109 Å². The van der Waals surface area contributed by atoms with E-state index in [-0.39, 0.29) is 4.75 Å². The molecule has 0 saturated heterocycles.